The van der Waals surface area contributed by atoms with Gasteiger partial charge in [-0.2, -0.15) is 0 Å². The molecular formula is C36H39ClN8O5S. The summed E-state index contributed by atoms with van der Waals surface area (Å²) in [6, 6.07) is 11.6. The molecule has 5 amide bonds. The second-order valence-electron chi connectivity index (χ2n) is 12.5. The first-order valence-electron chi connectivity index (χ1n) is 16.6. The number of anilines is 1. The van der Waals surface area contributed by atoms with Crippen LogP contribution >= 0.6 is 22.9 Å². The number of aliphatic imine (C=N–C) groups is 1. The smallest absolute Gasteiger partial charge is 0.328 e. The van der Waals surface area contributed by atoms with Crippen molar-refractivity contribution in [3.63, 3.8) is 0 Å². The Morgan fingerprint density at radius 2 is 1.84 bits per heavy atom. The van der Waals surface area contributed by atoms with E-state index in [0.29, 0.717) is 28.6 Å². The number of urea groups is 1. The van der Waals surface area contributed by atoms with Crippen molar-refractivity contribution >= 4 is 58.1 Å². The van der Waals surface area contributed by atoms with Gasteiger partial charge in [0.15, 0.2) is 5.82 Å². The van der Waals surface area contributed by atoms with E-state index in [0.717, 1.165) is 38.8 Å². The molecule has 4 aromatic rings. The van der Waals surface area contributed by atoms with E-state index < -0.39 is 12.1 Å². The van der Waals surface area contributed by atoms with Crippen molar-refractivity contribution in [1.29, 1.82) is 0 Å². The Kier molecular flexibility index (Phi) is 10.6. The molecule has 1 fully saturated rings. The van der Waals surface area contributed by atoms with Crippen LogP contribution in [0.3, 0.4) is 0 Å². The average molecular weight is 731 g/mol. The van der Waals surface area contributed by atoms with Crippen LogP contribution in [-0.2, 0) is 14.3 Å². The predicted octanol–water partition coefficient (Wildman–Crippen LogP) is 4.85. The van der Waals surface area contributed by atoms with Gasteiger partial charge in [0.1, 0.15) is 16.9 Å². The van der Waals surface area contributed by atoms with Gasteiger partial charge in [-0.05, 0) is 63.1 Å². The largest absolute Gasteiger partial charge is 0.378 e. The highest BCUT2D eigenvalue weighted by atomic mass is 35.5. The number of amides is 5. The van der Waals surface area contributed by atoms with Crippen molar-refractivity contribution in [2.45, 2.75) is 46.6 Å². The number of imide groups is 1. The molecule has 0 bridgehead atoms. The Balaban J connectivity index is 1.05. The summed E-state index contributed by atoms with van der Waals surface area (Å²) in [6.07, 6.45) is 0.278. The molecule has 0 radical (unpaired) electrons. The number of aryl methyl sites for hydroxylation is 3. The topological polar surface area (TPSA) is 151 Å². The Bertz CT molecular complexity index is 2040. The minimum atomic E-state index is -0.573. The second kappa shape index (κ2) is 15.1. The van der Waals surface area contributed by atoms with E-state index in [1.54, 1.807) is 41.5 Å². The lowest BCUT2D eigenvalue weighted by Gasteiger charge is -2.28. The molecule has 4 heterocycles. The van der Waals surface area contributed by atoms with E-state index >= 15 is 0 Å². The highest BCUT2D eigenvalue weighted by Gasteiger charge is 2.33. The first-order chi connectivity index (χ1) is 24.4. The molecule has 51 heavy (non-hydrogen) atoms. The fourth-order valence-electron chi connectivity index (χ4n) is 6.06. The number of aromatic nitrogens is 3. The fourth-order valence-corrected chi connectivity index (χ4v) is 7.40. The standard InChI is InChI=1S/C36H39ClN8O5S/c1-20-6-7-25(18-28(20)44-14-12-29(46)40-36(44)49)34(48)38-13-16-50-17-15-43(5)30(47)19-27-33-42-41-23(4)45(33)35-31(21(2)22(3)51-35)32(39-27)24-8-10-26(37)11-9-24/h6-11,18,27H,12-17,19H2,1-5H3,(H,38,48)(H,40,46,49)/t27-/m0/s1. The van der Waals surface area contributed by atoms with Crippen LogP contribution in [0.1, 0.15) is 68.0 Å². The van der Waals surface area contributed by atoms with Crippen molar-refractivity contribution in [3.05, 3.63) is 91.8 Å². The first kappa shape index (κ1) is 35.9. The Morgan fingerprint density at radius 1 is 1.08 bits per heavy atom. The van der Waals surface area contributed by atoms with Gasteiger partial charge in [-0.1, -0.05) is 29.8 Å². The summed E-state index contributed by atoms with van der Waals surface area (Å²) in [4.78, 5) is 59.7. The zero-order valence-corrected chi connectivity index (χ0v) is 30.7. The number of fused-ring (bicyclic) bond motifs is 3. The first-order valence-corrected chi connectivity index (χ1v) is 17.8. The van der Waals surface area contributed by atoms with Crippen molar-refractivity contribution in [2.75, 3.05) is 44.8 Å². The van der Waals surface area contributed by atoms with E-state index in [1.807, 2.05) is 42.7 Å². The van der Waals surface area contributed by atoms with Gasteiger partial charge in [-0.3, -0.25) is 34.2 Å². The van der Waals surface area contributed by atoms with E-state index in [1.165, 1.54) is 9.78 Å². The van der Waals surface area contributed by atoms with E-state index in [-0.39, 0.29) is 56.9 Å². The number of nitrogens with zero attached hydrogens (tertiary/aromatic N) is 6. The van der Waals surface area contributed by atoms with Crippen molar-refractivity contribution in [1.82, 2.24) is 30.3 Å². The lowest BCUT2D eigenvalue weighted by atomic mass is 9.99. The van der Waals surface area contributed by atoms with Crippen molar-refractivity contribution in [2.24, 2.45) is 4.99 Å². The van der Waals surface area contributed by atoms with Gasteiger partial charge < -0.3 is 15.0 Å². The number of nitrogens with one attached hydrogen (secondary N) is 2. The van der Waals surface area contributed by atoms with Gasteiger partial charge in [-0.15, -0.1) is 21.5 Å². The molecule has 15 heteroatoms. The summed E-state index contributed by atoms with van der Waals surface area (Å²) in [5.41, 5.74) is 5.58. The Labute approximate surface area is 304 Å². The van der Waals surface area contributed by atoms with Gasteiger partial charge in [0.05, 0.1) is 25.3 Å². The summed E-state index contributed by atoms with van der Waals surface area (Å²) in [7, 11) is 1.72. The number of hydrogen-bond donors (Lipinski definition) is 2. The minimum absolute atomic E-state index is 0.0860. The summed E-state index contributed by atoms with van der Waals surface area (Å²) >= 11 is 7.88. The maximum Gasteiger partial charge on any atom is 0.328 e. The Hall–Kier alpha value is -4.92. The van der Waals surface area contributed by atoms with Gasteiger partial charge >= 0.3 is 6.03 Å². The average Bonchev–Trinajstić information content (AvgIpc) is 3.58. The number of rotatable bonds is 11. The van der Waals surface area contributed by atoms with Crippen molar-refractivity contribution in [3.8, 4) is 5.00 Å². The van der Waals surface area contributed by atoms with Crippen LogP contribution in [0.25, 0.3) is 5.00 Å². The fraction of sp³-hybridized carbons (Fsp3) is 0.361. The number of benzene rings is 2. The lowest BCUT2D eigenvalue weighted by Crippen LogP contribution is -2.49. The van der Waals surface area contributed by atoms with Gasteiger partial charge in [-0.25, -0.2) is 4.79 Å². The van der Waals surface area contributed by atoms with Gasteiger partial charge in [0, 0.05) is 65.4 Å². The second-order valence-corrected chi connectivity index (χ2v) is 14.2. The lowest BCUT2D eigenvalue weighted by molar-refractivity contribution is -0.131. The molecule has 2 aliphatic heterocycles. The Morgan fingerprint density at radius 3 is 2.59 bits per heavy atom. The molecule has 1 saturated heterocycles. The summed E-state index contributed by atoms with van der Waals surface area (Å²) < 4.78 is 7.77. The van der Waals surface area contributed by atoms with Gasteiger partial charge in [0.2, 0.25) is 11.8 Å². The predicted molar refractivity (Wildman–Crippen MR) is 195 cm³/mol. The number of carbonyl (C=O) groups excluding carboxylic acids is 4. The van der Waals surface area contributed by atoms with Crippen LogP contribution in [-0.4, -0.2) is 89.0 Å². The van der Waals surface area contributed by atoms with Gasteiger partial charge in [0.25, 0.3) is 5.91 Å². The number of halogens is 1. The van der Waals surface area contributed by atoms with E-state index in [4.69, 9.17) is 21.3 Å². The molecule has 0 aliphatic carbocycles. The number of carbonyl (C=O) groups is 4. The quantitative estimate of drug-likeness (QED) is 0.210. The van der Waals surface area contributed by atoms with Crippen molar-refractivity contribution < 1.29 is 23.9 Å². The maximum atomic E-state index is 13.6. The number of likely N-dealkylation sites (N-methyl/N-ethyl adjacent to an activating group) is 1. The number of ether oxygens (including phenoxy) is 1. The maximum absolute atomic E-state index is 13.6. The molecule has 2 N–H and O–H groups in total. The molecular weight excluding hydrogens is 692 g/mol. The summed E-state index contributed by atoms with van der Waals surface area (Å²) in [6.45, 7) is 9.26. The third-order valence-electron chi connectivity index (χ3n) is 9.07. The third kappa shape index (κ3) is 7.58. The SMILES string of the molecule is Cc1ccc(C(=O)NCCOCCN(C)C(=O)C[C@@H]2N=C(c3ccc(Cl)cc3)c3c(sc(C)c3C)-n3c(C)nnc32)cc1N1CCC(=O)NC1=O. The molecule has 2 aliphatic rings. The number of thiophene rings is 1. The molecule has 2 aromatic carbocycles. The minimum Gasteiger partial charge on any atom is -0.378 e. The zero-order chi connectivity index (χ0) is 36.4. The van der Waals surface area contributed by atoms with Crippen LogP contribution in [0, 0.1) is 27.7 Å². The molecule has 0 spiro atoms. The molecule has 6 rings (SSSR count). The van der Waals surface area contributed by atoms with Crippen LogP contribution in [0.15, 0.2) is 47.5 Å². The monoisotopic (exact) mass is 730 g/mol. The summed E-state index contributed by atoms with van der Waals surface area (Å²) in [5, 5.41) is 15.6. The van der Waals surface area contributed by atoms with Crippen LogP contribution in [0.5, 0.6) is 0 Å². The van der Waals surface area contributed by atoms with E-state index in [9.17, 15) is 19.2 Å². The molecule has 266 valence electrons. The van der Waals surface area contributed by atoms with Crippen LogP contribution in [0.4, 0.5) is 10.5 Å². The summed E-state index contributed by atoms with van der Waals surface area (Å²) in [5.74, 6) is 0.580. The highest BCUT2D eigenvalue weighted by Crippen LogP contribution is 2.39. The molecule has 1 atom stereocenters. The highest BCUT2D eigenvalue weighted by molar-refractivity contribution is 7.15. The van der Waals surface area contributed by atoms with E-state index in [2.05, 4.69) is 34.7 Å². The zero-order valence-electron chi connectivity index (χ0n) is 29.1. The normalized spacial score (nSPS) is 15.5. The van der Waals surface area contributed by atoms with Crippen LogP contribution < -0.4 is 15.5 Å². The molecule has 0 unspecified atom stereocenters. The molecule has 2 aromatic heterocycles. The number of hydrogen-bond acceptors (Lipinski definition) is 9. The third-order valence-corrected chi connectivity index (χ3v) is 10.5. The molecule has 0 saturated carbocycles. The van der Waals surface area contributed by atoms with Crippen LogP contribution in [0.2, 0.25) is 5.02 Å². The molecule has 13 nitrogen and oxygen atoms in total.